The molecule has 186 valence electrons. The van der Waals surface area contributed by atoms with Gasteiger partial charge in [0.25, 0.3) is 5.56 Å². The first-order valence-corrected chi connectivity index (χ1v) is 12.3. The number of ether oxygens (including phenoxy) is 2. The van der Waals surface area contributed by atoms with Crippen LogP contribution in [0.1, 0.15) is 42.8 Å². The topological polar surface area (TPSA) is 98.2 Å². The summed E-state index contributed by atoms with van der Waals surface area (Å²) < 4.78 is 26.6. The van der Waals surface area contributed by atoms with Crippen molar-refractivity contribution in [3.8, 4) is 11.5 Å². The summed E-state index contributed by atoms with van der Waals surface area (Å²) in [6.45, 7) is 5.24. The molecule has 2 aromatic heterocycles. The molecule has 1 saturated heterocycles. The molecule has 0 saturated carbocycles. The number of nitrogens with zero attached hydrogens (tertiary/aromatic N) is 5. The Balaban J connectivity index is 1.44. The zero-order valence-electron chi connectivity index (χ0n) is 20.0. The summed E-state index contributed by atoms with van der Waals surface area (Å²) in [6, 6.07) is 11.5. The van der Waals surface area contributed by atoms with Gasteiger partial charge >= 0.3 is 0 Å². The summed E-state index contributed by atoms with van der Waals surface area (Å²) in [4.78, 5) is 18.8. The van der Waals surface area contributed by atoms with Crippen LogP contribution in [0, 0.1) is 11.7 Å². The quantitative estimate of drug-likeness (QED) is 0.458. The summed E-state index contributed by atoms with van der Waals surface area (Å²) in [6.07, 6.45) is 2.06. The molecule has 10 heteroatoms. The van der Waals surface area contributed by atoms with Crippen LogP contribution in [-0.2, 0) is 6.54 Å². The fourth-order valence-electron chi connectivity index (χ4n) is 5.03. The number of hydrogen-bond acceptors (Lipinski definition) is 7. The minimum absolute atomic E-state index is 0.195. The predicted octanol–water partition coefficient (Wildman–Crippen LogP) is 3.29. The third-order valence-electron chi connectivity index (χ3n) is 7.06. The van der Waals surface area contributed by atoms with Crippen molar-refractivity contribution in [1.82, 2.24) is 30.1 Å². The van der Waals surface area contributed by atoms with Gasteiger partial charge in [-0.15, -0.1) is 5.10 Å². The van der Waals surface area contributed by atoms with Gasteiger partial charge < -0.3 is 14.5 Å². The lowest BCUT2D eigenvalue weighted by molar-refractivity contribution is 0.149. The molecule has 2 aliphatic rings. The number of halogens is 1. The highest BCUT2D eigenvalue weighted by Crippen LogP contribution is 2.36. The van der Waals surface area contributed by atoms with E-state index in [1.165, 1.54) is 12.1 Å². The summed E-state index contributed by atoms with van der Waals surface area (Å²) in [5, 5.41) is 13.4. The number of aromatic amines is 1. The fourth-order valence-corrected chi connectivity index (χ4v) is 5.03. The number of tetrazole rings is 1. The van der Waals surface area contributed by atoms with Crippen LogP contribution in [0.2, 0.25) is 0 Å². The molecule has 0 spiro atoms. The molecule has 4 heterocycles. The van der Waals surface area contributed by atoms with Gasteiger partial charge in [0.15, 0.2) is 17.3 Å². The molecule has 0 bridgehead atoms. The average molecular weight is 491 g/mol. The van der Waals surface area contributed by atoms with Gasteiger partial charge in [-0.25, -0.2) is 9.07 Å². The Hall–Kier alpha value is -3.79. The highest BCUT2D eigenvalue weighted by molar-refractivity contribution is 5.83. The third-order valence-corrected chi connectivity index (χ3v) is 7.06. The molecule has 0 aliphatic carbocycles. The summed E-state index contributed by atoms with van der Waals surface area (Å²) in [5.41, 5.74) is 1.93. The normalized spacial score (nSPS) is 17.4. The molecule has 6 rings (SSSR count). The van der Waals surface area contributed by atoms with E-state index in [0.717, 1.165) is 36.9 Å². The lowest BCUT2D eigenvalue weighted by Gasteiger charge is -2.36. The monoisotopic (exact) mass is 490 g/mol. The van der Waals surface area contributed by atoms with Gasteiger partial charge in [-0.3, -0.25) is 9.69 Å². The first-order chi connectivity index (χ1) is 17.5. The minimum Gasteiger partial charge on any atom is -0.486 e. The van der Waals surface area contributed by atoms with Gasteiger partial charge in [-0.05, 0) is 72.1 Å². The molecular weight excluding hydrogens is 463 g/mol. The predicted molar refractivity (Wildman–Crippen MR) is 131 cm³/mol. The second-order valence-corrected chi connectivity index (χ2v) is 9.58. The molecular formula is C26H27FN6O3. The number of hydrogen-bond donors (Lipinski definition) is 1. The number of pyridine rings is 1. The van der Waals surface area contributed by atoms with Crippen LogP contribution in [0.25, 0.3) is 10.9 Å². The van der Waals surface area contributed by atoms with E-state index in [4.69, 9.17) is 9.47 Å². The van der Waals surface area contributed by atoms with Gasteiger partial charge in [0.2, 0.25) is 0 Å². The third kappa shape index (κ3) is 4.32. The lowest BCUT2D eigenvalue weighted by Crippen LogP contribution is -2.40. The number of benzene rings is 2. The summed E-state index contributed by atoms with van der Waals surface area (Å²) in [5.74, 6) is 2.19. The Morgan fingerprint density at radius 1 is 1.08 bits per heavy atom. The Kier molecular flexibility index (Phi) is 5.88. The first-order valence-electron chi connectivity index (χ1n) is 12.3. The number of rotatable bonds is 5. The first kappa shape index (κ1) is 22.7. The van der Waals surface area contributed by atoms with E-state index in [1.807, 2.05) is 18.2 Å². The summed E-state index contributed by atoms with van der Waals surface area (Å²) >= 11 is 0. The second-order valence-electron chi connectivity index (χ2n) is 9.58. The van der Waals surface area contributed by atoms with Crippen molar-refractivity contribution in [1.29, 1.82) is 0 Å². The molecule has 4 aromatic rings. The van der Waals surface area contributed by atoms with Crippen molar-refractivity contribution < 1.29 is 13.9 Å². The van der Waals surface area contributed by atoms with Gasteiger partial charge in [-0.1, -0.05) is 19.1 Å². The van der Waals surface area contributed by atoms with E-state index in [1.54, 1.807) is 16.8 Å². The van der Waals surface area contributed by atoms with Crippen molar-refractivity contribution in [3.05, 3.63) is 75.6 Å². The van der Waals surface area contributed by atoms with E-state index >= 15 is 0 Å². The molecule has 1 atom stereocenters. The Morgan fingerprint density at radius 2 is 1.81 bits per heavy atom. The fraction of sp³-hybridized carbons (Fsp3) is 0.385. The molecule has 0 amide bonds. The minimum atomic E-state index is -0.436. The summed E-state index contributed by atoms with van der Waals surface area (Å²) in [7, 11) is 0. The van der Waals surface area contributed by atoms with Crippen LogP contribution in [0.5, 0.6) is 11.5 Å². The van der Waals surface area contributed by atoms with Crippen LogP contribution in [0.3, 0.4) is 0 Å². The van der Waals surface area contributed by atoms with E-state index in [9.17, 15) is 9.18 Å². The zero-order chi connectivity index (χ0) is 24.6. The molecule has 0 radical (unpaired) electrons. The number of likely N-dealkylation sites (tertiary alicyclic amines) is 1. The number of nitrogens with one attached hydrogen (secondary N) is 1. The molecule has 0 unspecified atom stereocenters. The second kappa shape index (κ2) is 9.34. The maximum Gasteiger partial charge on any atom is 0.253 e. The van der Waals surface area contributed by atoms with Crippen molar-refractivity contribution in [2.45, 2.75) is 32.4 Å². The van der Waals surface area contributed by atoms with E-state index in [2.05, 4.69) is 32.3 Å². The van der Waals surface area contributed by atoms with Crippen LogP contribution in [0.15, 0.2) is 47.3 Å². The highest BCUT2D eigenvalue weighted by Gasteiger charge is 2.32. The van der Waals surface area contributed by atoms with Crippen LogP contribution >= 0.6 is 0 Å². The molecule has 36 heavy (non-hydrogen) atoms. The van der Waals surface area contributed by atoms with Crippen molar-refractivity contribution in [2.24, 2.45) is 5.92 Å². The van der Waals surface area contributed by atoms with E-state index < -0.39 is 6.04 Å². The molecule has 1 N–H and O–H groups in total. The maximum atomic E-state index is 13.5. The van der Waals surface area contributed by atoms with Crippen LogP contribution in [-0.4, -0.2) is 56.4 Å². The Morgan fingerprint density at radius 3 is 2.56 bits per heavy atom. The Bertz CT molecular complexity index is 1440. The average Bonchev–Trinajstić information content (AvgIpc) is 3.33. The number of fused-ring (bicyclic) bond motifs is 2. The standard InChI is InChI=1S/C26H27FN6O3/c1-16-6-8-32(9-7-16)24(25-29-30-31-33(25)15-17-2-4-19(27)5-3-17)20-12-18-13-22-23(36-11-10-35-22)14-21(18)28-26(20)34/h2-5,12-14,16,24H,6-11,15H2,1H3,(H,28,34)/t24-/m0/s1. The van der Waals surface area contributed by atoms with Crippen molar-refractivity contribution in [3.63, 3.8) is 0 Å². The largest absolute Gasteiger partial charge is 0.486 e. The number of piperidine rings is 1. The molecule has 2 aliphatic heterocycles. The van der Waals surface area contributed by atoms with Gasteiger partial charge in [0.1, 0.15) is 25.1 Å². The zero-order valence-corrected chi connectivity index (χ0v) is 20.0. The molecule has 1 fully saturated rings. The van der Waals surface area contributed by atoms with Gasteiger partial charge in [-0.2, -0.15) is 0 Å². The van der Waals surface area contributed by atoms with Crippen LogP contribution < -0.4 is 15.0 Å². The highest BCUT2D eigenvalue weighted by atomic mass is 19.1. The maximum absolute atomic E-state index is 13.5. The lowest BCUT2D eigenvalue weighted by atomic mass is 9.95. The van der Waals surface area contributed by atoms with Crippen molar-refractivity contribution >= 4 is 10.9 Å². The number of aromatic nitrogens is 5. The molecule has 2 aromatic carbocycles. The van der Waals surface area contributed by atoms with E-state index in [-0.39, 0.29) is 11.4 Å². The SMILES string of the molecule is CC1CCN([C@@H](c2cc3cc4c(cc3[nH]c2=O)OCCO4)c2nnnn2Cc2ccc(F)cc2)CC1. The van der Waals surface area contributed by atoms with Gasteiger partial charge in [0, 0.05) is 17.0 Å². The van der Waals surface area contributed by atoms with Crippen LogP contribution in [0.4, 0.5) is 4.39 Å². The van der Waals surface area contributed by atoms with E-state index in [0.29, 0.717) is 54.1 Å². The van der Waals surface area contributed by atoms with Gasteiger partial charge in [0.05, 0.1) is 12.1 Å². The molecule has 9 nitrogen and oxygen atoms in total. The van der Waals surface area contributed by atoms with Crippen molar-refractivity contribution in [2.75, 3.05) is 26.3 Å². The number of H-pyrrole nitrogens is 1. The Labute approximate surface area is 206 Å². The smallest absolute Gasteiger partial charge is 0.253 e.